The average Bonchev–Trinajstić information content (AvgIpc) is 3.00. The summed E-state index contributed by atoms with van der Waals surface area (Å²) in [7, 11) is 0. The van der Waals surface area contributed by atoms with Crippen LogP contribution >= 0.6 is 11.3 Å². The smallest absolute Gasteiger partial charge is 0.317 e. The Kier molecular flexibility index (Phi) is 5.37. The predicted octanol–water partition coefficient (Wildman–Crippen LogP) is 1.88. The summed E-state index contributed by atoms with van der Waals surface area (Å²) >= 11 is 1.57. The van der Waals surface area contributed by atoms with Crippen LogP contribution in [0.1, 0.15) is 31.9 Å². The lowest BCUT2D eigenvalue weighted by Crippen LogP contribution is -2.48. The van der Waals surface area contributed by atoms with E-state index in [1.807, 2.05) is 10.3 Å². The Balaban J connectivity index is 1.72. The summed E-state index contributed by atoms with van der Waals surface area (Å²) in [5.74, 6) is 0. The largest absolute Gasteiger partial charge is 0.396 e. The molecule has 1 aromatic rings. The van der Waals surface area contributed by atoms with Crippen molar-refractivity contribution in [3.05, 3.63) is 16.6 Å². The van der Waals surface area contributed by atoms with Crippen molar-refractivity contribution in [2.24, 2.45) is 5.41 Å². The second-order valence-electron chi connectivity index (χ2n) is 5.46. The van der Waals surface area contributed by atoms with Crippen molar-refractivity contribution in [3.8, 4) is 0 Å². The third-order valence-corrected chi connectivity index (χ3v) is 4.97. The number of nitrogens with one attached hydrogen (secondary N) is 1. The molecule has 20 heavy (non-hydrogen) atoms. The minimum absolute atomic E-state index is 0.00266. The molecular weight excluding hydrogens is 274 g/mol. The van der Waals surface area contributed by atoms with Crippen molar-refractivity contribution >= 4 is 17.4 Å². The van der Waals surface area contributed by atoms with Crippen LogP contribution in [0.3, 0.4) is 0 Å². The average molecular weight is 297 g/mol. The summed E-state index contributed by atoms with van der Waals surface area (Å²) in [5, 5.41) is 14.4. The van der Waals surface area contributed by atoms with Gasteiger partial charge in [0, 0.05) is 38.0 Å². The van der Waals surface area contributed by atoms with Crippen molar-refractivity contribution in [2.45, 2.75) is 32.6 Å². The molecule has 1 aromatic heterocycles. The minimum Gasteiger partial charge on any atom is -0.396 e. The summed E-state index contributed by atoms with van der Waals surface area (Å²) in [4.78, 5) is 18.1. The number of amides is 2. The number of aromatic nitrogens is 1. The molecule has 0 saturated carbocycles. The van der Waals surface area contributed by atoms with Gasteiger partial charge >= 0.3 is 6.03 Å². The summed E-state index contributed by atoms with van der Waals surface area (Å²) in [6, 6.07) is 0.00266. The van der Waals surface area contributed by atoms with Gasteiger partial charge in [-0.1, -0.05) is 6.92 Å². The maximum absolute atomic E-state index is 12.0. The summed E-state index contributed by atoms with van der Waals surface area (Å²) in [6.07, 6.45) is 3.53. The van der Waals surface area contributed by atoms with Gasteiger partial charge in [0.25, 0.3) is 0 Å². The van der Waals surface area contributed by atoms with E-state index >= 15 is 0 Å². The minimum atomic E-state index is 0.00266. The molecule has 0 radical (unpaired) electrons. The third kappa shape index (κ3) is 3.70. The SMILES string of the molecule is CCC1(CO)CCN(C(=O)NCCc2cscn2)CC1. The van der Waals surface area contributed by atoms with Gasteiger partial charge in [-0.3, -0.25) is 0 Å². The van der Waals surface area contributed by atoms with Gasteiger partial charge in [-0.15, -0.1) is 11.3 Å². The van der Waals surface area contributed by atoms with Crippen LogP contribution in [0.2, 0.25) is 0 Å². The number of urea groups is 1. The summed E-state index contributed by atoms with van der Waals surface area (Å²) in [6.45, 7) is 4.43. The number of piperidine rings is 1. The van der Waals surface area contributed by atoms with Crippen LogP contribution in [-0.4, -0.2) is 47.3 Å². The first kappa shape index (κ1) is 15.3. The Morgan fingerprint density at radius 2 is 2.30 bits per heavy atom. The number of nitrogens with zero attached hydrogens (tertiary/aromatic N) is 2. The first-order valence-electron chi connectivity index (χ1n) is 7.20. The normalized spacial score (nSPS) is 18.0. The highest BCUT2D eigenvalue weighted by atomic mass is 32.1. The molecule has 5 nitrogen and oxygen atoms in total. The van der Waals surface area contributed by atoms with E-state index in [0.717, 1.165) is 44.5 Å². The molecule has 2 heterocycles. The van der Waals surface area contributed by atoms with E-state index in [9.17, 15) is 9.90 Å². The van der Waals surface area contributed by atoms with E-state index in [-0.39, 0.29) is 18.1 Å². The Morgan fingerprint density at radius 3 is 2.85 bits per heavy atom. The number of carbonyl (C=O) groups excluding carboxylic acids is 1. The highest BCUT2D eigenvalue weighted by Crippen LogP contribution is 2.34. The van der Waals surface area contributed by atoms with Gasteiger partial charge in [0.2, 0.25) is 0 Å². The number of aliphatic hydroxyl groups is 1. The lowest BCUT2D eigenvalue weighted by Gasteiger charge is -2.40. The van der Waals surface area contributed by atoms with Crippen LogP contribution in [0.5, 0.6) is 0 Å². The fourth-order valence-corrected chi connectivity index (χ4v) is 3.17. The number of aliphatic hydroxyl groups excluding tert-OH is 1. The zero-order chi connectivity index (χ0) is 14.4. The quantitative estimate of drug-likeness (QED) is 0.872. The van der Waals surface area contributed by atoms with E-state index < -0.39 is 0 Å². The van der Waals surface area contributed by atoms with E-state index in [4.69, 9.17) is 0 Å². The van der Waals surface area contributed by atoms with E-state index in [0.29, 0.717) is 6.54 Å². The molecule has 0 bridgehead atoms. The van der Waals surface area contributed by atoms with Gasteiger partial charge in [0.05, 0.1) is 11.2 Å². The first-order chi connectivity index (χ1) is 9.69. The topological polar surface area (TPSA) is 65.5 Å². The highest BCUT2D eigenvalue weighted by molar-refractivity contribution is 7.07. The number of hydrogen-bond donors (Lipinski definition) is 2. The van der Waals surface area contributed by atoms with Crippen molar-refractivity contribution < 1.29 is 9.90 Å². The Bertz CT molecular complexity index is 408. The van der Waals surface area contributed by atoms with E-state index in [1.54, 1.807) is 16.8 Å². The molecule has 2 rings (SSSR count). The molecule has 0 spiro atoms. The van der Waals surface area contributed by atoms with E-state index in [1.165, 1.54) is 0 Å². The van der Waals surface area contributed by atoms with Crippen molar-refractivity contribution in [2.75, 3.05) is 26.2 Å². The zero-order valence-electron chi connectivity index (χ0n) is 12.0. The number of carbonyl (C=O) groups is 1. The van der Waals surface area contributed by atoms with Crippen LogP contribution in [0.25, 0.3) is 0 Å². The zero-order valence-corrected chi connectivity index (χ0v) is 12.8. The van der Waals surface area contributed by atoms with Crippen molar-refractivity contribution in [3.63, 3.8) is 0 Å². The number of thiazole rings is 1. The van der Waals surface area contributed by atoms with Crippen molar-refractivity contribution in [1.29, 1.82) is 0 Å². The standard InChI is InChI=1S/C14H23N3O2S/c1-2-14(10-18)4-7-17(8-5-14)13(19)15-6-3-12-9-20-11-16-12/h9,11,18H,2-8,10H2,1H3,(H,15,19). The van der Waals surface area contributed by atoms with Crippen LogP contribution < -0.4 is 5.32 Å². The van der Waals surface area contributed by atoms with Gasteiger partial charge in [-0.25, -0.2) is 9.78 Å². The number of rotatable bonds is 5. The molecule has 6 heteroatoms. The molecule has 0 atom stereocenters. The lowest BCUT2D eigenvalue weighted by molar-refractivity contribution is 0.0520. The first-order valence-corrected chi connectivity index (χ1v) is 8.14. The molecule has 1 fully saturated rings. The highest BCUT2D eigenvalue weighted by Gasteiger charge is 2.33. The van der Waals surface area contributed by atoms with Gasteiger partial charge in [0.1, 0.15) is 0 Å². The fraction of sp³-hybridized carbons (Fsp3) is 0.714. The molecule has 0 aliphatic carbocycles. The maximum Gasteiger partial charge on any atom is 0.317 e. The van der Waals surface area contributed by atoms with Gasteiger partial charge in [-0.05, 0) is 24.7 Å². The summed E-state index contributed by atoms with van der Waals surface area (Å²) < 4.78 is 0. The third-order valence-electron chi connectivity index (χ3n) is 4.34. The number of likely N-dealkylation sites (tertiary alicyclic amines) is 1. The Morgan fingerprint density at radius 1 is 1.55 bits per heavy atom. The second-order valence-corrected chi connectivity index (χ2v) is 6.18. The Hall–Kier alpha value is -1.14. The van der Waals surface area contributed by atoms with Gasteiger partial charge in [-0.2, -0.15) is 0 Å². The molecule has 2 N–H and O–H groups in total. The summed E-state index contributed by atoms with van der Waals surface area (Å²) in [5.41, 5.74) is 2.86. The molecule has 1 aliphatic rings. The van der Waals surface area contributed by atoms with E-state index in [2.05, 4.69) is 17.2 Å². The van der Waals surface area contributed by atoms with Crippen molar-refractivity contribution in [1.82, 2.24) is 15.2 Å². The molecule has 1 aliphatic heterocycles. The number of hydrogen-bond acceptors (Lipinski definition) is 4. The molecule has 2 amide bonds. The molecule has 0 aromatic carbocycles. The predicted molar refractivity (Wildman–Crippen MR) is 79.8 cm³/mol. The van der Waals surface area contributed by atoms with Gasteiger partial charge in [0.15, 0.2) is 0 Å². The van der Waals surface area contributed by atoms with Crippen LogP contribution in [0, 0.1) is 5.41 Å². The lowest BCUT2D eigenvalue weighted by atomic mass is 9.77. The monoisotopic (exact) mass is 297 g/mol. The van der Waals surface area contributed by atoms with Gasteiger partial charge < -0.3 is 15.3 Å². The fourth-order valence-electron chi connectivity index (χ4n) is 2.58. The van der Waals surface area contributed by atoms with Crippen LogP contribution in [-0.2, 0) is 6.42 Å². The maximum atomic E-state index is 12.0. The molecular formula is C14H23N3O2S. The van der Waals surface area contributed by atoms with Crippen LogP contribution in [0.15, 0.2) is 10.9 Å². The second kappa shape index (κ2) is 7.04. The Labute approximate surface area is 124 Å². The molecule has 1 saturated heterocycles. The molecule has 112 valence electrons. The van der Waals surface area contributed by atoms with Crippen LogP contribution in [0.4, 0.5) is 4.79 Å². The molecule has 0 unspecified atom stereocenters.